The molecule has 0 saturated heterocycles. The van der Waals surface area contributed by atoms with Gasteiger partial charge in [-0.05, 0) is 38.0 Å². The van der Waals surface area contributed by atoms with Crippen molar-refractivity contribution in [2.75, 3.05) is 5.32 Å². The topological polar surface area (TPSA) is 42.0 Å². The summed E-state index contributed by atoms with van der Waals surface area (Å²) in [5.74, 6) is 0.967. The maximum atomic E-state index is 11.8. The minimum atomic E-state index is 0.165. The van der Waals surface area contributed by atoms with Gasteiger partial charge >= 0.3 is 0 Å². The van der Waals surface area contributed by atoms with Gasteiger partial charge in [0.05, 0.1) is 5.69 Å². The first-order valence-electron chi connectivity index (χ1n) is 6.03. The van der Waals surface area contributed by atoms with E-state index in [0.29, 0.717) is 5.92 Å². The molecule has 0 unspecified atom stereocenters. The number of rotatable bonds is 2. The number of carbonyl (C=O) groups excluding carboxylic acids is 1. The van der Waals surface area contributed by atoms with Gasteiger partial charge in [0.25, 0.3) is 0 Å². The largest absolute Gasteiger partial charge is 0.302 e. The van der Waals surface area contributed by atoms with Crippen LogP contribution in [0.4, 0.5) is 5.13 Å². The molecular weight excluding hydrogens is 220 g/mol. The number of amides is 1. The second-order valence-electron chi connectivity index (χ2n) is 4.90. The standard InChI is InChI=1S/C12H16N2OS/c1-7-6-8(7)11(15)14-12-13-9-4-2-3-5-10(9)16-12/h7-8H,2-6H2,1H3,(H,13,14,15)/t7-,8+/m1/s1. The number of aromatic nitrogens is 1. The van der Waals surface area contributed by atoms with Crippen molar-refractivity contribution in [2.24, 2.45) is 11.8 Å². The number of hydrogen-bond donors (Lipinski definition) is 1. The van der Waals surface area contributed by atoms with Crippen molar-refractivity contribution in [1.29, 1.82) is 0 Å². The lowest BCUT2D eigenvalue weighted by atomic mass is 10.0. The van der Waals surface area contributed by atoms with Crippen molar-refractivity contribution >= 4 is 22.4 Å². The van der Waals surface area contributed by atoms with Crippen LogP contribution in [0.1, 0.15) is 36.8 Å². The number of hydrogen-bond acceptors (Lipinski definition) is 3. The summed E-state index contributed by atoms with van der Waals surface area (Å²) >= 11 is 1.67. The van der Waals surface area contributed by atoms with Crippen LogP contribution in [0.3, 0.4) is 0 Å². The van der Waals surface area contributed by atoms with Crippen molar-refractivity contribution in [2.45, 2.75) is 39.0 Å². The molecule has 1 heterocycles. The summed E-state index contributed by atoms with van der Waals surface area (Å²) in [6.07, 6.45) is 5.77. The molecule has 3 rings (SSSR count). The first kappa shape index (κ1) is 10.3. The van der Waals surface area contributed by atoms with Crippen LogP contribution in [-0.4, -0.2) is 10.9 Å². The van der Waals surface area contributed by atoms with Gasteiger partial charge in [0.2, 0.25) is 5.91 Å². The Morgan fingerprint density at radius 1 is 1.44 bits per heavy atom. The smallest absolute Gasteiger partial charge is 0.229 e. The zero-order chi connectivity index (χ0) is 11.1. The lowest BCUT2D eigenvalue weighted by molar-refractivity contribution is -0.117. The molecule has 1 aromatic rings. The molecule has 1 N–H and O–H groups in total. The third-order valence-corrected chi connectivity index (χ3v) is 4.59. The summed E-state index contributed by atoms with van der Waals surface area (Å²) in [5, 5.41) is 3.78. The van der Waals surface area contributed by atoms with E-state index in [1.165, 1.54) is 23.4 Å². The number of thiazole rings is 1. The maximum Gasteiger partial charge on any atom is 0.229 e. The minimum absolute atomic E-state index is 0.165. The molecule has 86 valence electrons. The molecule has 2 aliphatic carbocycles. The lowest BCUT2D eigenvalue weighted by Crippen LogP contribution is -2.14. The first-order valence-corrected chi connectivity index (χ1v) is 6.85. The molecule has 1 aromatic heterocycles. The number of fused-ring (bicyclic) bond motifs is 1. The van der Waals surface area contributed by atoms with Gasteiger partial charge < -0.3 is 5.32 Å². The fourth-order valence-corrected chi connectivity index (χ4v) is 3.34. The van der Waals surface area contributed by atoms with Gasteiger partial charge in [0, 0.05) is 10.8 Å². The van der Waals surface area contributed by atoms with E-state index in [9.17, 15) is 4.79 Å². The Hall–Kier alpha value is -0.900. The van der Waals surface area contributed by atoms with Crippen LogP contribution in [0.5, 0.6) is 0 Å². The first-order chi connectivity index (χ1) is 7.74. The van der Waals surface area contributed by atoms with E-state index in [1.807, 2.05) is 0 Å². The Bertz CT molecular complexity index is 403. The molecule has 0 spiro atoms. The van der Waals surface area contributed by atoms with Crippen LogP contribution in [0.15, 0.2) is 0 Å². The summed E-state index contributed by atoms with van der Waals surface area (Å²) in [7, 11) is 0. The van der Waals surface area contributed by atoms with Gasteiger partial charge in [-0.25, -0.2) is 4.98 Å². The maximum absolute atomic E-state index is 11.8. The fraction of sp³-hybridized carbons (Fsp3) is 0.667. The third-order valence-electron chi connectivity index (χ3n) is 3.52. The predicted molar refractivity (Wildman–Crippen MR) is 64.7 cm³/mol. The average molecular weight is 236 g/mol. The van der Waals surface area contributed by atoms with Crippen LogP contribution in [-0.2, 0) is 17.6 Å². The third kappa shape index (κ3) is 1.86. The Morgan fingerprint density at radius 2 is 2.19 bits per heavy atom. The Balaban J connectivity index is 1.70. The highest BCUT2D eigenvalue weighted by Crippen LogP contribution is 2.39. The van der Waals surface area contributed by atoms with E-state index in [2.05, 4.69) is 17.2 Å². The lowest BCUT2D eigenvalue weighted by Gasteiger charge is -2.06. The second kappa shape index (κ2) is 3.84. The molecular formula is C12H16N2OS. The average Bonchev–Trinajstić information content (AvgIpc) is 2.87. The molecule has 0 radical (unpaired) electrons. The molecule has 3 nitrogen and oxygen atoms in total. The van der Waals surface area contributed by atoms with Gasteiger partial charge in [-0.2, -0.15) is 0 Å². The van der Waals surface area contributed by atoms with Gasteiger partial charge in [-0.15, -0.1) is 11.3 Å². The fourth-order valence-electron chi connectivity index (χ4n) is 2.29. The highest BCUT2D eigenvalue weighted by Gasteiger charge is 2.39. The summed E-state index contributed by atoms with van der Waals surface area (Å²) < 4.78 is 0. The molecule has 16 heavy (non-hydrogen) atoms. The zero-order valence-electron chi connectivity index (χ0n) is 9.45. The molecule has 0 aromatic carbocycles. The number of nitrogens with zero attached hydrogens (tertiary/aromatic N) is 1. The van der Waals surface area contributed by atoms with Gasteiger partial charge in [0.15, 0.2) is 5.13 Å². The SMILES string of the molecule is C[C@@H]1C[C@@H]1C(=O)Nc1nc2c(s1)CCCC2. The molecule has 0 bridgehead atoms. The van der Waals surface area contributed by atoms with Crippen LogP contribution in [0, 0.1) is 11.8 Å². The van der Waals surface area contributed by atoms with Crippen molar-refractivity contribution < 1.29 is 4.79 Å². The zero-order valence-corrected chi connectivity index (χ0v) is 10.3. The van der Waals surface area contributed by atoms with Crippen molar-refractivity contribution in [1.82, 2.24) is 4.98 Å². The second-order valence-corrected chi connectivity index (χ2v) is 5.99. The van der Waals surface area contributed by atoms with Crippen LogP contribution in [0.2, 0.25) is 0 Å². The van der Waals surface area contributed by atoms with E-state index in [4.69, 9.17) is 0 Å². The Kier molecular flexibility index (Phi) is 2.46. The van der Waals surface area contributed by atoms with E-state index in [1.54, 1.807) is 11.3 Å². The predicted octanol–water partition coefficient (Wildman–Crippen LogP) is 2.62. The highest BCUT2D eigenvalue weighted by molar-refractivity contribution is 7.15. The molecule has 0 aliphatic heterocycles. The van der Waals surface area contributed by atoms with E-state index in [-0.39, 0.29) is 11.8 Å². The van der Waals surface area contributed by atoms with Crippen LogP contribution >= 0.6 is 11.3 Å². The molecule has 2 aliphatic rings. The summed E-state index contributed by atoms with van der Waals surface area (Å²) in [5.41, 5.74) is 1.22. The molecule has 1 amide bonds. The molecule has 4 heteroatoms. The van der Waals surface area contributed by atoms with Gasteiger partial charge in [-0.1, -0.05) is 6.92 Å². The number of aryl methyl sites for hydroxylation is 2. The molecule has 1 saturated carbocycles. The number of carbonyl (C=O) groups is 1. The molecule has 2 atom stereocenters. The van der Waals surface area contributed by atoms with Crippen molar-refractivity contribution in [3.63, 3.8) is 0 Å². The van der Waals surface area contributed by atoms with E-state index >= 15 is 0 Å². The van der Waals surface area contributed by atoms with Gasteiger partial charge in [0.1, 0.15) is 0 Å². The van der Waals surface area contributed by atoms with E-state index in [0.717, 1.165) is 24.4 Å². The summed E-state index contributed by atoms with van der Waals surface area (Å²) in [6.45, 7) is 2.12. The summed E-state index contributed by atoms with van der Waals surface area (Å²) in [6, 6.07) is 0. The van der Waals surface area contributed by atoms with Crippen molar-refractivity contribution in [3.8, 4) is 0 Å². The normalized spacial score (nSPS) is 27.3. The molecule has 1 fully saturated rings. The van der Waals surface area contributed by atoms with Gasteiger partial charge in [-0.3, -0.25) is 4.79 Å². The quantitative estimate of drug-likeness (QED) is 0.857. The van der Waals surface area contributed by atoms with Crippen molar-refractivity contribution in [3.05, 3.63) is 10.6 Å². The minimum Gasteiger partial charge on any atom is -0.302 e. The Labute approximate surface area is 99.3 Å². The van der Waals surface area contributed by atoms with E-state index < -0.39 is 0 Å². The number of nitrogens with one attached hydrogen (secondary N) is 1. The summed E-state index contributed by atoms with van der Waals surface area (Å²) in [4.78, 5) is 17.6. The Morgan fingerprint density at radius 3 is 2.88 bits per heavy atom. The number of anilines is 1. The monoisotopic (exact) mass is 236 g/mol. The highest BCUT2D eigenvalue weighted by atomic mass is 32.1. The van der Waals surface area contributed by atoms with Crippen LogP contribution < -0.4 is 5.32 Å². The van der Waals surface area contributed by atoms with Crippen LogP contribution in [0.25, 0.3) is 0 Å².